The maximum Gasteiger partial charge on any atom is 0.238 e. The van der Waals surface area contributed by atoms with Crippen molar-refractivity contribution < 1.29 is 4.79 Å². The van der Waals surface area contributed by atoms with Crippen LogP contribution < -0.4 is 10.2 Å². The number of aryl methyl sites for hydroxylation is 1. The smallest absolute Gasteiger partial charge is 0.238 e. The molecule has 1 heterocycles. The van der Waals surface area contributed by atoms with Crippen LogP contribution in [0.1, 0.15) is 12.5 Å². The van der Waals surface area contributed by atoms with E-state index in [1.165, 1.54) is 11.3 Å². The summed E-state index contributed by atoms with van der Waals surface area (Å²) in [5, 5.41) is 3.06. The minimum atomic E-state index is 0.0732. The van der Waals surface area contributed by atoms with E-state index in [1.807, 2.05) is 24.3 Å². The van der Waals surface area contributed by atoms with Crippen molar-refractivity contribution in [2.75, 3.05) is 42.9 Å². The molecule has 126 valence electrons. The van der Waals surface area contributed by atoms with E-state index in [-0.39, 0.29) is 5.91 Å². The number of hydrogen-bond acceptors (Lipinski definition) is 3. The molecule has 1 amide bonds. The van der Waals surface area contributed by atoms with Crippen molar-refractivity contribution in [3.63, 3.8) is 0 Å². The van der Waals surface area contributed by atoms with Gasteiger partial charge in [-0.3, -0.25) is 9.69 Å². The number of amides is 1. The average molecular weight is 323 g/mol. The Morgan fingerprint density at radius 3 is 2.33 bits per heavy atom. The molecule has 0 radical (unpaired) electrons. The van der Waals surface area contributed by atoms with Gasteiger partial charge in [0.25, 0.3) is 0 Å². The van der Waals surface area contributed by atoms with Gasteiger partial charge in [-0.25, -0.2) is 0 Å². The predicted octanol–water partition coefficient (Wildman–Crippen LogP) is 3.01. The molecular formula is C20H25N3O. The molecule has 1 fully saturated rings. The van der Waals surface area contributed by atoms with Crippen molar-refractivity contribution >= 4 is 17.3 Å². The predicted molar refractivity (Wildman–Crippen MR) is 99.5 cm³/mol. The zero-order valence-corrected chi connectivity index (χ0v) is 14.2. The van der Waals surface area contributed by atoms with Crippen LogP contribution in [-0.2, 0) is 11.2 Å². The Morgan fingerprint density at radius 2 is 1.62 bits per heavy atom. The van der Waals surface area contributed by atoms with E-state index >= 15 is 0 Å². The third-order valence-electron chi connectivity index (χ3n) is 4.53. The Labute approximate surface area is 144 Å². The van der Waals surface area contributed by atoms with Gasteiger partial charge in [0.15, 0.2) is 0 Å². The van der Waals surface area contributed by atoms with Gasteiger partial charge in [0, 0.05) is 37.6 Å². The molecule has 1 aliphatic heterocycles. The van der Waals surface area contributed by atoms with Crippen LogP contribution in [0.4, 0.5) is 11.4 Å². The maximum absolute atomic E-state index is 12.3. The van der Waals surface area contributed by atoms with Gasteiger partial charge in [-0.15, -0.1) is 0 Å². The Morgan fingerprint density at radius 1 is 0.958 bits per heavy atom. The van der Waals surface area contributed by atoms with Crippen LogP contribution in [0.25, 0.3) is 0 Å². The Bertz CT molecular complexity index is 664. The number of piperazine rings is 1. The molecule has 0 bridgehead atoms. The molecule has 2 aromatic rings. The molecule has 1 N–H and O–H groups in total. The van der Waals surface area contributed by atoms with Gasteiger partial charge in [-0.05, 0) is 30.2 Å². The zero-order valence-electron chi connectivity index (χ0n) is 14.2. The highest BCUT2D eigenvalue weighted by Gasteiger charge is 2.19. The van der Waals surface area contributed by atoms with Gasteiger partial charge in [0.05, 0.1) is 6.54 Å². The number of benzene rings is 2. The highest BCUT2D eigenvalue weighted by Crippen LogP contribution is 2.17. The number of hydrogen-bond donors (Lipinski definition) is 1. The third-order valence-corrected chi connectivity index (χ3v) is 4.53. The number of para-hydroxylation sites is 2. The summed E-state index contributed by atoms with van der Waals surface area (Å²) in [4.78, 5) is 16.9. The lowest BCUT2D eigenvalue weighted by Gasteiger charge is -2.35. The molecule has 0 aliphatic carbocycles. The third kappa shape index (κ3) is 4.15. The molecule has 0 unspecified atom stereocenters. The lowest BCUT2D eigenvalue weighted by Crippen LogP contribution is -2.48. The summed E-state index contributed by atoms with van der Waals surface area (Å²) >= 11 is 0. The average Bonchev–Trinajstić information content (AvgIpc) is 2.63. The van der Waals surface area contributed by atoms with E-state index < -0.39 is 0 Å². The first-order valence-corrected chi connectivity index (χ1v) is 8.66. The number of anilines is 2. The quantitative estimate of drug-likeness (QED) is 0.919. The van der Waals surface area contributed by atoms with E-state index in [4.69, 9.17) is 0 Å². The summed E-state index contributed by atoms with van der Waals surface area (Å²) in [6, 6.07) is 18.5. The van der Waals surface area contributed by atoms with Gasteiger partial charge >= 0.3 is 0 Å². The van der Waals surface area contributed by atoms with E-state index in [1.54, 1.807) is 0 Å². The van der Waals surface area contributed by atoms with Crippen LogP contribution in [0.5, 0.6) is 0 Å². The SMILES string of the molecule is CCc1ccccc1NC(=O)CN1CCN(c2ccccc2)CC1. The molecular weight excluding hydrogens is 298 g/mol. The van der Waals surface area contributed by atoms with Gasteiger partial charge in [-0.2, -0.15) is 0 Å². The molecule has 0 saturated carbocycles. The van der Waals surface area contributed by atoms with Crippen LogP contribution in [0.15, 0.2) is 54.6 Å². The van der Waals surface area contributed by atoms with Gasteiger partial charge in [0.2, 0.25) is 5.91 Å². The maximum atomic E-state index is 12.3. The van der Waals surface area contributed by atoms with Crippen LogP contribution in [0.2, 0.25) is 0 Å². The van der Waals surface area contributed by atoms with Crippen LogP contribution in [-0.4, -0.2) is 43.5 Å². The second kappa shape index (κ2) is 7.97. The normalized spacial score (nSPS) is 15.3. The van der Waals surface area contributed by atoms with Crippen molar-refractivity contribution in [1.29, 1.82) is 0 Å². The molecule has 0 spiro atoms. The molecule has 0 aromatic heterocycles. The molecule has 3 rings (SSSR count). The first kappa shape index (κ1) is 16.5. The van der Waals surface area contributed by atoms with Crippen molar-refractivity contribution in [3.05, 3.63) is 60.2 Å². The Kier molecular flexibility index (Phi) is 5.49. The summed E-state index contributed by atoms with van der Waals surface area (Å²) in [5.41, 5.74) is 3.38. The summed E-state index contributed by atoms with van der Waals surface area (Å²) < 4.78 is 0. The number of nitrogens with one attached hydrogen (secondary N) is 1. The standard InChI is InChI=1S/C20H25N3O/c1-2-17-8-6-7-11-19(17)21-20(24)16-22-12-14-23(15-13-22)18-9-4-3-5-10-18/h3-11H,2,12-16H2,1H3,(H,21,24). The lowest BCUT2D eigenvalue weighted by molar-refractivity contribution is -0.117. The van der Waals surface area contributed by atoms with E-state index in [0.29, 0.717) is 6.54 Å². The van der Waals surface area contributed by atoms with Crippen molar-refractivity contribution in [1.82, 2.24) is 4.90 Å². The van der Waals surface area contributed by atoms with Crippen LogP contribution >= 0.6 is 0 Å². The molecule has 1 aliphatic rings. The van der Waals surface area contributed by atoms with Crippen molar-refractivity contribution in [2.45, 2.75) is 13.3 Å². The van der Waals surface area contributed by atoms with Gasteiger partial charge < -0.3 is 10.2 Å². The van der Waals surface area contributed by atoms with E-state index in [2.05, 4.69) is 52.4 Å². The fraction of sp³-hybridized carbons (Fsp3) is 0.350. The molecule has 0 atom stereocenters. The number of carbonyl (C=O) groups excluding carboxylic acids is 1. The number of rotatable bonds is 5. The fourth-order valence-corrected chi connectivity index (χ4v) is 3.15. The molecule has 1 saturated heterocycles. The largest absolute Gasteiger partial charge is 0.369 e. The summed E-state index contributed by atoms with van der Waals surface area (Å²) in [6.45, 7) is 6.32. The monoisotopic (exact) mass is 323 g/mol. The fourth-order valence-electron chi connectivity index (χ4n) is 3.15. The van der Waals surface area contributed by atoms with Crippen LogP contribution in [0, 0.1) is 0 Å². The second-order valence-electron chi connectivity index (χ2n) is 6.16. The summed E-state index contributed by atoms with van der Waals surface area (Å²) in [5.74, 6) is 0.0732. The van der Waals surface area contributed by atoms with E-state index in [9.17, 15) is 4.79 Å². The first-order chi connectivity index (χ1) is 11.8. The highest BCUT2D eigenvalue weighted by atomic mass is 16.2. The minimum absolute atomic E-state index is 0.0732. The van der Waals surface area contributed by atoms with Gasteiger partial charge in [0.1, 0.15) is 0 Å². The Balaban J connectivity index is 1.50. The zero-order chi connectivity index (χ0) is 16.8. The molecule has 24 heavy (non-hydrogen) atoms. The minimum Gasteiger partial charge on any atom is -0.369 e. The summed E-state index contributed by atoms with van der Waals surface area (Å²) in [7, 11) is 0. The highest BCUT2D eigenvalue weighted by molar-refractivity contribution is 5.93. The topological polar surface area (TPSA) is 35.6 Å². The second-order valence-corrected chi connectivity index (χ2v) is 6.16. The summed E-state index contributed by atoms with van der Waals surface area (Å²) in [6.07, 6.45) is 0.923. The lowest BCUT2D eigenvalue weighted by atomic mass is 10.1. The molecule has 4 heteroatoms. The number of nitrogens with zero attached hydrogens (tertiary/aromatic N) is 2. The number of carbonyl (C=O) groups is 1. The van der Waals surface area contributed by atoms with Crippen molar-refractivity contribution in [2.24, 2.45) is 0 Å². The Hall–Kier alpha value is -2.33. The van der Waals surface area contributed by atoms with E-state index in [0.717, 1.165) is 38.3 Å². The molecule has 2 aromatic carbocycles. The first-order valence-electron chi connectivity index (χ1n) is 8.66. The molecule has 4 nitrogen and oxygen atoms in total. The van der Waals surface area contributed by atoms with Crippen molar-refractivity contribution in [3.8, 4) is 0 Å². The van der Waals surface area contributed by atoms with Gasteiger partial charge in [-0.1, -0.05) is 43.3 Å². The van der Waals surface area contributed by atoms with Crippen LogP contribution in [0.3, 0.4) is 0 Å².